The Bertz CT molecular complexity index is 2090. The minimum Gasteiger partial charge on any atom is -0.125 e. The zero-order valence-electron chi connectivity index (χ0n) is 30.8. The second-order valence-electron chi connectivity index (χ2n) is 16.1. The Kier molecular flexibility index (Phi) is 9.43. The molecule has 6 rings (SSSR count). The van der Waals surface area contributed by atoms with Crippen LogP contribution in [0.15, 0.2) is 57.5 Å². The summed E-state index contributed by atoms with van der Waals surface area (Å²) >= 11 is 8.11. The molecule has 0 atom stereocenters. The average molecular weight is 795 g/mol. The van der Waals surface area contributed by atoms with Crippen LogP contribution in [0.3, 0.4) is 0 Å². The van der Waals surface area contributed by atoms with Gasteiger partial charge in [-0.05, 0) is 77.7 Å². The molecule has 0 radical (unpaired) electrons. The van der Waals surface area contributed by atoms with Gasteiger partial charge >= 0.3 is 0 Å². The van der Waals surface area contributed by atoms with Crippen LogP contribution >= 0.6 is 31.9 Å². The molecule has 48 heavy (non-hydrogen) atoms. The molecule has 0 aromatic heterocycles. The Labute approximate surface area is 307 Å². The second kappa shape index (κ2) is 12.8. The van der Waals surface area contributed by atoms with E-state index in [9.17, 15) is 0 Å². The zero-order chi connectivity index (χ0) is 35.0. The van der Waals surface area contributed by atoms with Crippen molar-refractivity contribution in [2.75, 3.05) is 0 Å². The maximum Gasteiger partial charge on any atom is 0.146 e. The fraction of sp³-hybridized carbons (Fsp3) is 0.409. The highest BCUT2D eigenvalue weighted by Gasteiger charge is 2.43. The van der Waals surface area contributed by atoms with E-state index < -0.39 is 16.1 Å². The Morgan fingerprint density at radius 2 is 0.708 bits per heavy atom. The van der Waals surface area contributed by atoms with E-state index in [0.717, 1.165) is 8.95 Å². The minimum atomic E-state index is -1.97. The van der Waals surface area contributed by atoms with Gasteiger partial charge in [-0.25, -0.2) is 0 Å². The third-order valence-corrected chi connectivity index (χ3v) is 26.0. The van der Waals surface area contributed by atoms with E-state index in [0.29, 0.717) is 33.2 Å². The van der Waals surface area contributed by atoms with Crippen molar-refractivity contribution < 1.29 is 0 Å². The quantitative estimate of drug-likeness (QED) is 0.0682. The van der Waals surface area contributed by atoms with E-state index in [-0.39, 0.29) is 0 Å². The van der Waals surface area contributed by atoms with Gasteiger partial charge in [0.1, 0.15) is 16.1 Å². The first-order valence-corrected chi connectivity index (χ1v) is 24.0. The first kappa shape index (κ1) is 35.5. The van der Waals surface area contributed by atoms with Gasteiger partial charge < -0.3 is 0 Å². The van der Waals surface area contributed by atoms with E-state index in [1.807, 2.05) is 0 Å². The Balaban J connectivity index is 1.87. The van der Waals surface area contributed by atoms with E-state index in [4.69, 9.17) is 0 Å². The first-order chi connectivity index (χ1) is 22.6. The summed E-state index contributed by atoms with van der Waals surface area (Å²) in [6.07, 6.45) is 0. The minimum absolute atomic E-state index is 0.570. The molecule has 248 valence electrons. The lowest BCUT2D eigenvalue weighted by atomic mass is 9.82. The molecule has 0 nitrogen and oxygen atoms in total. The van der Waals surface area contributed by atoms with E-state index >= 15 is 0 Å². The van der Waals surface area contributed by atoms with Crippen LogP contribution in [0.1, 0.15) is 94.2 Å². The molecule has 0 aliphatic heterocycles. The first-order valence-electron chi connectivity index (χ1n) is 17.9. The predicted octanol–water partition coefficient (Wildman–Crippen LogP) is 15.0. The van der Waals surface area contributed by atoms with Gasteiger partial charge in [0.15, 0.2) is 0 Å². The highest BCUT2D eigenvalue weighted by atomic mass is 79.9. The Morgan fingerprint density at radius 1 is 0.417 bits per heavy atom. The summed E-state index contributed by atoms with van der Waals surface area (Å²) in [5.41, 5.74) is 14.0. The standard InChI is InChI=1S/C44H50Br2Si2/c1-25(2)47(26(3)4,27(5)6)21-19-31-33-15-13-17-35-40(46)24-38-32(20-22-48(28(7)8,29(9)10)30(11)12)34-16-14-18-36-39(45)23-37(31)43(42(34)36)44(38)41(33)35/h13-18,23-30H,1-12H3. The molecule has 0 aliphatic rings. The summed E-state index contributed by atoms with van der Waals surface area (Å²) in [6, 6.07) is 18.3. The third-order valence-electron chi connectivity index (χ3n) is 12.1. The molecule has 0 amide bonds. The largest absolute Gasteiger partial charge is 0.146 e. The molecule has 0 spiro atoms. The maximum absolute atomic E-state index is 4.11. The van der Waals surface area contributed by atoms with Crippen LogP contribution < -0.4 is 0 Å². The van der Waals surface area contributed by atoms with Crippen LogP contribution in [-0.2, 0) is 0 Å². The van der Waals surface area contributed by atoms with E-state index in [1.54, 1.807) is 0 Å². The second-order valence-corrected chi connectivity index (χ2v) is 28.9. The smallest absolute Gasteiger partial charge is 0.125 e. The van der Waals surface area contributed by atoms with Crippen molar-refractivity contribution in [3.05, 3.63) is 68.6 Å². The Morgan fingerprint density at radius 3 is 1.00 bits per heavy atom. The fourth-order valence-corrected chi connectivity index (χ4v) is 21.5. The number of halogens is 2. The van der Waals surface area contributed by atoms with Crippen molar-refractivity contribution >= 4 is 102 Å². The SMILES string of the molecule is CC(C)[Si](C#Cc1c2cccc3c(Br)cc4c(C#C[Si](C(C)C)(C(C)C)C(C)C)c5cccc6c(Br)cc1c(c65)c4c32)(C(C)C)C(C)C. The van der Waals surface area contributed by atoms with Crippen molar-refractivity contribution in [3.8, 4) is 22.9 Å². The average Bonchev–Trinajstić information content (AvgIpc) is 3.00. The van der Waals surface area contributed by atoms with Crippen molar-refractivity contribution in [1.82, 2.24) is 0 Å². The normalized spacial score (nSPS) is 13.2. The van der Waals surface area contributed by atoms with Crippen LogP contribution in [0.5, 0.6) is 0 Å². The number of rotatable bonds is 6. The summed E-state index contributed by atoms with van der Waals surface area (Å²) < 4.78 is 2.24. The summed E-state index contributed by atoms with van der Waals surface area (Å²) in [7, 11) is -3.95. The molecular weight excluding hydrogens is 744 g/mol. The molecule has 0 fully saturated rings. The lowest BCUT2D eigenvalue weighted by Gasteiger charge is -2.38. The molecule has 0 aliphatic carbocycles. The molecule has 0 N–H and O–H groups in total. The highest BCUT2D eigenvalue weighted by Crippen LogP contribution is 2.50. The van der Waals surface area contributed by atoms with E-state index in [1.165, 1.54) is 65.0 Å². The summed E-state index contributed by atoms with van der Waals surface area (Å²) in [4.78, 5) is 0. The van der Waals surface area contributed by atoms with Crippen LogP contribution in [-0.4, -0.2) is 16.1 Å². The van der Waals surface area contributed by atoms with Crippen LogP contribution in [0.2, 0.25) is 33.2 Å². The van der Waals surface area contributed by atoms with E-state index in [2.05, 4.69) is 186 Å². The molecule has 0 saturated carbocycles. The lowest BCUT2D eigenvalue weighted by molar-refractivity contribution is 0.838. The number of hydrogen-bond donors (Lipinski definition) is 0. The number of hydrogen-bond acceptors (Lipinski definition) is 0. The van der Waals surface area contributed by atoms with Gasteiger partial charge in [0.25, 0.3) is 0 Å². The predicted molar refractivity (Wildman–Crippen MR) is 228 cm³/mol. The van der Waals surface area contributed by atoms with Crippen molar-refractivity contribution in [2.45, 2.75) is 116 Å². The van der Waals surface area contributed by atoms with Gasteiger partial charge in [-0.1, -0.05) is 163 Å². The van der Waals surface area contributed by atoms with Crippen molar-refractivity contribution in [3.63, 3.8) is 0 Å². The van der Waals surface area contributed by atoms with Crippen LogP contribution in [0, 0.1) is 22.9 Å². The monoisotopic (exact) mass is 792 g/mol. The summed E-state index contributed by atoms with van der Waals surface area (Å²) in [5, 5.41) is 12.8. The summed E-state index contributed by atoms with van der Waals surface area (Å²) in [5.74, 6) is 7.94. The van der Waals surface area contributed by atoms with Crippen molar-refractivity contribution in [1.29, 1.82) is 0 Å². The lowest BCUT2D eigenvalue weighted by Crippen LogP contribution is -2.43. The number of benzene rings is 6. The summed E-state index contributed by atoms with van der Waals surface area (Å²) in [6.45, 7) is 28.9. The molecule has 0 heterocycles. The molecule has 0 bridgehead atoms. The molecule has 0 saturated heterocycles. The topological polar surface area (TPSA) is 0 Å². The van der Waals surface area contributed by atoms with Gasteiger partial charge in [0, 0.05) is 41.6 Å². The van der Waals surface area contributed by atoms with Crippen LogP contribution in [0.4, 0.5) is 0 Å². The van der Waals surface area contributed by atoms with Crippen molar-refractivity contribution in [2.24, 2.45) is 0 Å². The molecule has 4 heteroatoms. The third kappa shape index (κ3) is 5.03. The van der Waals surface area contributed by atoms with Gasteiger partial charge in [0.05, 0.1) is 0 Å². The fourth-order valence-electron chi connectivity index (χ4n) is 9.96. The van der Waals surface area contributed by atoms with Crippen LogP contribution in [0.25, 0.3) is 53.9 Å². The Hall–Kier alpha value is -2.35. The molecule has 0 unspecified atom stereocenters. The molecular formula is C44H50Br2Si2. The zero-order valence-corrected chi connectivity index (χ0v) is 36.0. The van der Waals surface area contributed by atoms with Gasteiger partial charge in [-0.3, -0.25) is 0 Å². The highest BCUT2D eigenvalue weighted by molar-refractivity contribution is 9.11. The maximum atomic E-state index is 4.11. The molecule has 6 aromatic rings. The van der Waals surface area contributed by atoms with Gasteiger partial charge in [-0.2, -0.15) is 0 Å². The molecule has 6 aromatic carbocycles. The van der Waals surface area contributed by atoms with Gasteiger partial charge in [0.2, 0.25) is 0 Å². The van der Waals surface area contributed by atoms with Gasteiger partial charge in [-0.15, -0.1) is 11.1 Å².